The number of rotatable bonds is 2. The van der Waals surface area contributed by atoms with Gasteiger partial charge in [-0.3, -0.25) is 0 Å². The Morgan fingerprint density at radius 3 is 3.00 bits per heavy atom. The van der Waals surface area contributed by atoms with Gasteiger partial charge in [-0.05, 0) is 18.4 Å². The van der Waals surface area contributed by atoms with Gasteiger partial charge in [0.2, 0.25) is 0 Å². The van der Waals surface area contributed by atoms with E-state index in [4.69, 9.17) is 9.15 Å². The summed E-state index contributed by atoms with van der Waals surface area (Å²) < 4.78 is 10.2. The second kappa shape index (κ2) is 3.30. The molecule has 0 aliphatic rings. The fourth-order valence-electron chi connectivity index (χ4n) is 1.15. The van der Waals surface area contributed by atoms with Crippen LogP contribution in [0.25, 0.3) is 11.1 Å². The van der Waals surface area contributed by atoms with Crippen molar-refractivity contribution in [1.82, 2.24) is 4.98 Å². The minimum absolute atomic E-state index is 0.316. The number of fused-ring (bicyclic) bond motifs is 1. The largest absolute Gasteiger partial charge is 0.453 e. The second-order valence-electron chi connectivity index (χ2n) is 2.49. The van der Waals surface area contributed by atoms with Crippen LogP contribution >= 0.6 is 11.8 Å². The van der Waals surface area contributed by atoms with Crippen molar-refractivity contribution in [3.8, 4) is 6.08 Å². The Balaban J connectivity index is 2.67. The topological polar surface area (TPSA) is 35.3 Å². The lowest BCUT2D eigenvalue weighted by Gasteiger charge is -1.93. The van der Waals surface area contributed by atoms with Gasteiger partial charge in [-0.25, -0.2) is 0 Å². The molecule has 0 atom stereocenters. The zero-order chi connectivity index (χ0) is 9.26. The highest BCUT2D eigenvalue weighted by molar-refractivity contribution is 7.98. The first-order valence-electron chi connectivity index (χ1n) is 3.82. The van der Waals surface area contributed by atoms with Crippen molar-refractivity contribution >= 4 is 22.9 Å². The molecule has 0 amide bonds. The average molecular weight is 195 g/mol. The van der Waals surface area contributed by atoms with Gasteiger partial charge in [-0.2, -0.15) is 4.98 Å². The van der Waals surface area contributed by atoms with Crippen molar-refractivity contribution in [3.63, 3.8) is 0 Å². The van der Waals surface area contributed by atoms with E-state index in [9.17, 15) is 0 Å². The van der Waals surface area contributed by atoms with Gasteiger partial charge in [-0.15, -0.1) is 11.8 Å². The van der Waals surface area contributed by atoms with Crippen LogP contribution in [0, 0.1) is 0 Å². The summed E-state index contributed by atoms with van der Waals surface area (Å²) in [4.78, 5) is 5.29. The highest BCUT2D eigenvalue weighted by Gasteiger charge is 2.08. The number of aromatic nitrogens is 1. The van der Waals surface area contributed by atoms with E-state index in [0.717, 1.165) is 16.0 Å². The molecule has 0 radical (unpaired) electrons. The monoisotopic (exact) mass is 195 g/mol. The fourth-order valence-corrected chi connectivity index (χ4v) is 1.71. The Morgan fingerprint density at radius 2 is 2.31 bits per heavy atom. The van der Waals surface area contributed by atoms with Crippen molar-refractivity contribution < 1.29 is 9.15 Å². The van der Waals surface area contributed by atoms with Crippen molar-refractivity contribution in [3.05, 3.63) is 18.2 Å². The molecule has 0 saturated carbocycles. The third-order valence-electron chi connectivity index (χ3n) is 1.76. The van der Waals surface area contributed by atoms with E-state index in [1.54, 1.807) is 18.9 Å². The maximum atomic E-state index is 5.31. The van der Waals surface area contributed by atoms with E-state index in [1.165, 1.54) is 0 Å². The average Bonchev–Trinajstić information content (AvgIpc) is 2.59. The summed E-state index contributed by atoms with van der Waals surface area (Å²) >= 11 is 1.64. The SMILES string of the molecule is COc1nc2c(SC)cccc2o1. The predicted molar refractivity (Wildman–Crippen MR) is 52.3 cm³/mol. The minimum Gasteiger partial charge on any atom is -0.453 e. The molecule has 0 spiro atoms. The van der Waals surface area contributed by atoms with Gasteiger partial charge in [0, 0.05) is 4.90 Å². The lowest BCUT2D eigenvalue weighted by Crippen LogP contribution is -1.80. The zero-order valence-electron chi connectivity index (χ0n) is 7.40. The molecule has 4 heteroatoms. The minimum atomic E-state index is 0.316. The molecule has 0 N–H and O–H groups in total. The van der Waals surface area contributed by atoms with Crippen LogP contribution in [-0.2, 0) is 0 Å². The first-order valence-corrected chi connectivity index (χ1v) is 5.05. The van der Waals surface area contributed by atoms with Crippen LogP contribution < -0.4 is 4.74 Å². The first-order chi connectivity index (χ1) is 6.35. The summed E-state index contributed by atoms with van der Waals surface area (Å²) in [6, 6.07) is 5.83. The quantitative estimate of drug-likeness (QED) is 0.690. The summed E-state index contributed by atoms with van der Waals surface area (Å²) in [5.74, 6) is 0. The lowest BCUT2D eigenvalue weighted by molar-refractivity contribution is 0.299. The van der Waals surface area contributed by atoms with Crippen molar-refractivity contribution in [2.24, 2.45) is 0 Å². The number of benzene rings is 1. The standard InChI is InChI=1S/C9H9NO2S/c1-11-9-10-8-6(12-9)4-3-5-7(8)13-2/h3-5H,1-2H3. The molecule has 0 aliphatic heterocycles. The maximum absolute atomic E-state index is 5.31. The molecule has 0 saturated heterocycles. The number of hydrogen-bond acceptors (Lipinski definition) is 4. The number of thioether (sulfide) groups is 1. The molecule has 0 unspecified atom stereocenters. The normalized spacial score (nSPS) is 10.6. The number of para-hydroxylation sites is 1. The van der Waals surface area contributed by atoms with Crippen molar-refractivity contribution in [2.45, 2.75) is 4.90 Å². The highest BCUT2D eigenvalue weighted by Crippen LogP contribution is 2.28. The van der Waals surface area contributed by atoms with E-state index < -0.39 is 0 Å². The Labute approximate surface area is 80.1 Å². The second-order valence-corrected chi connectivity index (χ2v) is 3.34. The smallest absolute Gasteiger partial charge is 0.394 e. The van der Waals surface area contributed by atoms with E-state index in [2.05, 4.69) is 4.98 Å². The Kier molecular flexibility index (Phi) is 2.14. The molecule has 1 heterocycles. The number of ether oxygens (including phenoxy) is 1. The molecular formula is C9H9NO2S. The van der Waals surface area contributed by atoms with E-state index >= 15 is 0 Å². The van der Waals surface area contributed by atoms with Crippen molar-refractivity contribution in [1.29, 1.82) is 0 Å². The molecule has 1 aromatic carbocycles. The van der Waals surface area contributed by atoms with Crippen LogP contribution in [0.15, 0.2) is 27.5 Å². The predicted octanol–water partition coefficient (Wildman–Crippen LogP) is 2.56. The van der Waals surface area contributed by atoms with Crippen LogP contribution in [0.5, 0.6) is 6.08 Å². The van der Waals surface area contributed by atoms with E-state index in [1.807, 2.05) is 24.5 Å². The molecule has 68 valence electrons. The summed E-state index contributed by atoms with van der Waals surface area (Å²) in [6.45, 7) is 0. The molecule has 0 bridgehead atoms. The number of hydrogen-bond donors (Lipinski definition) is 0. The van der Waals surface area contributed by atoms with Gasteiger partial charge in [-0.1, -0.05) is 6.07 Å². The number of oxazole rings is 1. The summed E-state index contributed by atoms with van der Waals surface area (Å²) in [5.41, 5.74) is 1.63. The van der Waals surface area contributed by atoms with Gasteiger partial charge < -0.3 is 9.15 Å². The third kappa shape index (κ3) is 1.37. The molecular weight excluding hydrogens is 186 g/mol. The third-order valence-corrected chi connectivity index (χ3v) is 2.53. The van der Waals surface area contributed by atoms with Crippen LogP contribution in [0.3, 0.4) is 0 Å². The van der Waals surface area contributed by atoms with Gasteiger partial charge in [0.25, 0.3) is 0 Å². The first kappa shape index (κ1) is 8.44. The summed E-state index contributed by atoms with van der Waals surface area (Å²) in [5, 5.41) is 0. The molecule has 1 aromatic heterocycles. The van der Waals surface area contributed by atoms with Gasteiger partial charge in [0.05, 0.1) is 7.11 Å². The highest BCUT2D eigenvalue weighted by atomic mass is 32.2. The maximum Gasteiger partial charge on any atom is 0.394 e. The summed E-state index contributed by atoms with van der Waals surface area (Å²) in [7, 11) is 1.55. The fraction of sp³-hybridized carbons (Fsp3) is 0.222. The van der Waals surface area contributed by atoms with Gasteiger partial charge >= 0.3 is 6.08 Å². The molecule has 13 heavy (non-hydrogen) atoms. The Hall–Kier alpha value is -1.16. The van der Waals surface area contributed by atoms with Crippen LogP contribution in [0.4, 0.5) is 0 Å². The molecule has 0 fully saturated rings. The van der Waals surface area contributed by atoms with Gasteiger partial charge in [0.1, 0.15) is 5.52 Å². The Morgan fingerprint density at radius 1 is 1.46 bits per heavy atom. The van der Waals surface area contributed by atoms with Crippen LogP contribution in [0.2, 0.25) is 0 Å². The molecule has 3 nitrogen and oxygen atoms in total. The molecule has 2 rings (SSSR count). The lowest BCUT2D eigenvalue weighted by atomic mass is 10.3. The zero-order valence-corrected chi connectivity index (χ0v) is 8.22. The van der Waals surface area contributed by atoms with Crippen LogP contribution in [0.1, 0.15) is 0 Å². The number of nitrogens with zero attached hydrogens (tertiary/aromatic N) is 1. The number of methoxy groups -OCH3 is 1. The van der Waals surface area contributed by atoms with Gasteiger partial charge in [0.15, 0.2) is 5.58 Å². The van der Waals surface area contributed by atoms with Crippen LogP contribution in [-0.4, -0.2) is 18.3 Å². The Bertz CT molecular complexity index is 424. The molecule has 0 aliphatic carbocycles. The molecule has 2 aromatic rings. The van der Waals surface area contributed by atoms with E-state index in [0.29, 0.717) is 6.08 Å². The van der Waals surface area contributed by atoms with Crippen molar-refractivity contribution in [2.75, 3.05) is 13.4 Å². The van der Waals surface area contributed by atoms with E-state index in [-0.39, 0.29) is 0 Å². The summed E-state index contributed by atoms with van der Waals surface area (Å²) in [6.07, 6.45) is 2.33.